The van der Waals surface area contributed by atoms with Gasteiger partial charge in [0.1, 0.15) is 11.0 Å². The Labute approximate surface area is 129 Å². The molecule has 0 amide bonds. The predicted octanol–water partition coefficient (Wildman–Crippen LogP) is 3.39. The van der Waals surface area contributed by atoms with Gasteiger partial charge in [0, 0.05) is 18.7 Å². The lowest BCUT2D eigenvalue weighted by Crippen LogP contribution is -2.28. The van der Waals surface area contributed by atoms with Crippen molar-refractivity contribution in [3.63, 3.8) is 0 Å². The third-order valence-corrected chi connectivity index (χ3v) is 3.80. The molecular formula is C16H17ClN4. The lowest BCUT2D eigenvalue weighted by atomic mass is 10.1. The van der Waals surface area contributed by atoms with Crippen molar-refractivity contribution >= 4 is 29.4 Å². The van der Waals surface area contributed by atoms with Crippen molar-refractivity contribution in [2.24, 2.45) is 0 Å². The molecule has 1 aliphatic heterocycles. The molecule has 0 radical (unpaired) electrons. The number of anilines is 2. The molecule has 2 N–H and O–H groups in total. The molecule has 0 saturated carbocycles. The molecule has 1 aromatic carbocycles. The minimum Gasteiger partial charge on any atom is -0.368 e. The van der Waals surface area contributed by atoms with Gasteiger partial charge in [-0.3, -0.25) is 0 Å². The maximum Gasteiger partial charge on any atom is 0.223 e. The molecule has 1 atom stereocenters. The van der Waals surface area contributed by atoms with Crippen molar-refractivity contribution in [2.75, 3.05) is 17.2 Å². The number of nitrogen functional groups attached to an aromatic ring is 1. The first kappa shape index (κ1) is 13.9. The third-order valence-electron chi connectivity index (χ3n) is 3.60. The van der Waals surface area contributed by atoms with E-state index >= 15 is 0 Å². The van der Waals surface area contributed by atoms with Crippen LogP contribution in [0.1, 0.15) is 18.4 Å². The van der Waals surface area contributed by atoms with Crippen LogP contribution in [0.2, 0.25) is 5.15 Å². The largest absolute Gasteiger partial charge is 0.368 e. The van der Waals surface area contributed by atoms with E-state index in [4.69, 9.17) is 17.3 Å². The highest BCUT2D eigenvalue weighted by atomic mass is 35.5. The third kappa shape index (κ3) is 3.34. The number of rotatable bonds is 3. The van der Waals surface area contributed by atoms with Crippen molar-refractivity contribution < 1.29 is 0 Å². The van der Waals surface area contributed by atoms with Crippen molar-refractivity contribution in [3.8, 4) is 0 Å². The molecule has 3 rings (SSSR count). The molecule has 1 aromatic heterocycles. The van der Waals surface area contributed by atoms with Crippen LogP contribution in [0.25, 0.3) is 6.08 Å². The summed E-state index contributed by atoms with van der Waals surface area (Å²) in [7, 11) is 0. The van der Waals surface area contributed by atoms with Crippen molar-refractivity contribution in [3.05, 3.63) is 53.2 Å². The van der Waals surface area contributed by atoms with E-state index in [1.807, 2.05) is 18.2 Å². The molecule has 0 bridgehead atoms. The Morgan fingerprint density at radius 2 is 2.05 bits per heavy atom. The van der Waals surface area contributed by atoms with Crippen LogP contribution in [0.15, 0.2) is 42.5 Å². The van der Waals surface area contributed by atoms with Gasteiger partial charge in [-0.05, 0) is 18.4 Å². The van der Waals surface area contributed by atoms with Crippen LogP contribution in [0.4, 0.5) is 11.8 Å². The maximum atomic E-state index is 5.97. The number of nitrogens with two attached hydrogens (primary N) is 1. The summed E-state index contributed by atoms with van der Waals surface area (Å²) in [5.41, 5.74) is 6.88. The summed E-state index contributed by atoms with van der Waals surface area (Å²) in [4.78, 5) is 10.4. The van der Waals surface area contributed by atoms with Gasteiger partial charge >= 0.3 is 0 Å². The van der Waals surface area contributed by atoms with E-state index in [2.05, 4.69) is 39.2 Å². The Bertz CT molecular complexity index is 622. The molecule has 1 fully saturated rings. The van der Waals surface area contributed by atoms with Crippen molar-refractivity contribution in [1.29, 1.82) is 0 Å². The minimum atomic E-state index is 0.218. The van der Waals surface area contributed by atoms with Crippen LogP contribution < -0.4 is 10.6 Å². The van der Waals surface area contributed by atoms with Gasteiger partial charge in [0.05, 0.1) is 0 Å². The van der Waals surface area contributed by atoms with Crippen LogP contribution in [0, 0.1) is 0 Å². The van der Waals surface area contributed by atoms with Crippen LogP contribution in [0.5, 0.6) is 0 Å². The molecule has 0 spiro atoms. The van der Waals surface area contributed by atoms with Gasteiger partial charge < -0.3 is 10.6 Å². The summed E-state index contributed by atoms with van der Waals surface area (Å²) >= 11 is 5.97. The minimum absolute atomic E-state index is 0.218. The molecule has 1 saturated heterocycles. The molecule has 2 aromatic rings. The second kappa shape index (κ2) is 6.14. The van der Waals surface area contributed by atoms with Crippen LogP contribution in [-0.4, -0.2) is 22.6 Å². The first-order valence-corrected chi connectivity index (χ1v) is 7.40. The number of hydrogen-bond donors (Lipinski definition) is 1. The average Bonchev–Trinajstić information content (AvgIpc) is 2.93. The quantitative estimate of drug-likeness (QED) is 0.883. The Hall–Kier alpha value is -2.07. The first-order valence-electron chi connectivity index (χ1n) is 7.02. The fourth-order valence-electron chi connectivity index (χ4n) is 2.63. The fourth-order valence-corrected chi connectivity index (χ4v) is 2.82. The van der Waals surface area contributed by atoms with E-state index in [9.17, 15) is 0 Å². The standard InChI is InChI=1S/C16H17ClN4/c17-14-11-15(20-16(18)19-14)21-10-4-7-13(21)9-8-12-5-2-1-3-6-12/h1-3,5-6,8-9,11,13H,4,7,10H2,(H2,18,19,20)/b9-8+. The highest BCUT2D eigenvalue weighted by Crippen LogP contribution is 2.27. The molecule has 108 valence electrons. The van der Waals surface area contributed by atoms with E-state index in [0.717, 1.165) is 25.2 Å². The van der Waals surface area contributed by atoms with Crippen LogP contribution in [0.3, 0.4) is 0 Å². The number of hydrogen-bond acceptors (Lipinski definition) is 4. The predicted molar refractivity (Wildman–Crippen MR) is 87.3 cm³/mol. The van der Waals surface area contributed by atoms with Gasteiger partial charge in [0.15, 0.2) is 0 Å². The van der Waals surface area contributed by atoms with E-state index in [1.54, 1.807) is 6.07 Å². The van der Waals surface area contributed by atoms with Gasteiger partial charge in [-0.25, -0.2) is 4.98 Å². The fraction of sp³-hybridized carbons (Fsp3) is 0.250. The summed E-state index contributed by atoms with van der Waals surface area (Å²) in [6, 6.07) is 12.4. The SMILES string of the molecule is Nc1nc(Cl)cc(N2CCCC2/C=C/c2ccccc2)n1. The molecule has 21 heavy (non-hydrogen) atoms. The number of nitrogens with zero attached hydrogens (tertiary/aromatic N) is 3. The Kier molecular flexibility index (Phi) is 4.06. The van der Waals surface area contributed by atoms with Gasteiger partial charge in [-0.1, -0.05) is 54.1 Å². The first-order chi connectivity index (χ1) is 10.2. The number of aromatic nitrogens is 2. The van der Waals surface area contributed by atoms with Crippen molar-refractivity contribution in [2.45, 2.75) is 18.9 Å². The lowest BCUT2D eigenvalue weighted by molar-refractivity contribution is 0.796. The molecule has 1 unspecified atom stereocenters. The van der Waals surface area contributed by atoms with Crippen molar-refractivity contribution in [1.82, 2.24) is 9.97 Å². The zero-order valence-corrected chi connectivity index (χ0v) is 12.4. The van der Waals surface area contributed by atoms with Gasteiger partial charge in [0.25, 0.3) is 0 Å². The summed E-state index contributed by atoms with van der Waals surface area (Å²) in [6.45, 7) is 0.955. The topological polar surface area (TPSA) is 55.0 Å². The molecule has 1 aliphatic rings. The Balaban J connectivity index is 1.81. The number of halogens is 1. The summed E-state index contributed by atoms with van der Waals surface area (Å²) < 4.78 is 0. The van der Waals surface area contributed by atoms with E-state index in [0.29, 0.717) is 11.2 Å². The molecule has 4 nitrogen and oxygen atoms in total. The monoisotopic (exact) mass is 300 g/mol. The summed E-state index contributed by atoms with van der Waals surface area (Å²) in [6.07, 6.45) is 6.60. The Morgan fingerprint density at radius 1 is 1.24 bits per heavy atom. The lowest BCUT2D eigenvalue weighted by Gasteiger charge is -2.23. The van der Waals surface area contributed by atoms with E-state index in [-0.39, 0.29) is 5.95 Å². The normalized spacial score (nSPS) is 18.5. The zero-order chi connectivity index (χ0) is 14.7. The van der Waals surface area contributed by atoms with Crippen LogP contribution >= 0.6 is 11.6 Å². The molecule has 2 heterocycles. The zero-order valence-electron chi connectivity index (χ0n) is 11.6. The summed E-state index contributed by atoms with van der Waals surface area (Å²) in [5.74, 6) is 1.02. The van der Waals surface area contributed by atoms with E-state index in [1.165, 1.54) is 5.56 Å². The second-order valence-corrected chi connectivity index (χ2v) is 5.47. The highest BCUT2D eigenvalue weighted by Gasteiger charge is 2.24. The summed E-state index contributed by atoms with van der Waals surface area (Å²) in [5, 5.41) is 0.384. The Morgan fingerprint density at radius 3 is 2.81 bits per heavy atom. The van der Waals surface area contributed by atoms with Gasteiger partial charge in [0.2, 0.25) is 5.95 Å². The molecule has 5 heteroatoms. The van der Waals surface area contributed by atoms with E-state index < -0.39 is 0 Å². The average molecular weight is 301 g/mol. The molecule has 0 aliphatic carbocycles. The molecular weight excluding hydrogens is 284 g/mol. The van der Waals surface area contributed by atoms with Gasteiger partial charge in [-0.15, -0.1) is 0 Å². The van der Waals surface area contributed by atoms with Gasteiger partial charge in [-0.2, -0.15) is 4.98 Å². The maximum absolute atomic E-state index is 5.97. The number of benzene rings is 1. The highest BCUT2D eigenvalue weighted by molar-refractivity contribution is 6.29. The van der Waals surface area contributed by atoms with Crippen LogP contribution in [-0.2, 0) is 0 Å². The smallest absolute Gasteiger partial charge is 0.223 e. The second-order valence-electron chi connectivity index (χ2n) is 5.08.